The molecule has 0 bridgehead atoms. The Labute approximate surface area is 163 Å². The minimum Gasteiger partial charge on any atom is -0.493 e. The average molecular weight is 385 g/mol. The highest BCUT2D eigenvalue weighted by Crippen LogP contribution is 2.29. The number of aromatic nitrogens is 1. The first-order valence-electron chi connectivity index (χ1n) is 8.93. The molecule has 0 spiro atoms. The van der Waals surface area contributed by atoms with Crippen molar-refractivity contribution in [3.63, 3.8) is 0 Å². The summed E-state index contributed by atoms with van der Waals surface area (Å²) in [6.07, 6.45) is 0.285. The van der Waals surface area contributed by atoms with Crippen molar-refractivity contribution in [2.75, 3.05) is 31.8 Å². The highest BCUT2D eigenvalue weighted by molar-refractivity contribution is 7.22. The summed E-state index contributed by atoms with van der Waals surface area (Å²) in [5, 5.41) is 0.699. The van der Waals surface area contributed by atoms with E-state index < -0.39 is 0 Å². The maximum atomic E-state index is 12.8. The molecule has 5 nitrogen and oxygen atoms in total. The summed E-state index contributed by atoms with van der Waals surface area (Å²) in [6, 6.07) is 13.9. The first-order chi connectivity index (χ1) is 13.1. The third-order valence-corrected chi connectivity index (χ3v) is 5.30. The molecule has 0 aliphatic rings. The van der Waals surface area contributed by atoms with Gasteiger partial charge in [-0.15, -0.1) is 0 Å². The number of ether oxygens (including phenoxy) is 2. The Kier molecular flexibility index (Phi) is 6.42. The molecular weight excluding hydrogens is 360 g/mol. The van der Waals surface area contributed by atoms with Gasteiger partial charge in [0.2, 0.25) is 5.91 Å². The molecule has 3 aromatic rings. The zero-order valence-electron chi connectivity index (χ0n) is 15.9. The van der Waals surface area contributed by atoms with E-state index in [-0.39, 0.29) is 12.3 Å². The first kappa shape index (κ1) is 19.3. The molecule has 6 heteroatoms. The van der Waals surface area contributed by atoms with Crippen molar-refractivity contribution in [1.29, 1.82) is 0 Å². The number of thiazole rings is 1. The second-order valence-corrected chi connectivity index (χ2v) is 7.38. The van der Waals surface area contributed by atoms with E-state index in [9.17, 15) is 4.79 Å². The van der Waals surface area contributed by atoms with Gasteiger partial charge in [0, 0.05) is 7.11 Å². The summed E-state index contributed by atoms with van der Waals surface area (Å²) in [7, 11) is 1.63. The van der Waals surface area contributed by atoms with Crippen LogP contribution in [0.15, 0.2) is 42.5 Å². The molecule has 0 atom stereocenters. The lowest BCUT2D eigenvalue weighted by Crippen LogP contribution is -2.34. The van der Waals surface area contributed by atoms with Crippen molar-refractivity contribution >= 4 is 32.6 Å². The molecule has 1 amide bonds. The molecule has 0 fully saturated rings. The number of carbonyl (C=O) groups is 1. The lowest BCUT2D eigenvalue weighted by atomic mass is 10.1. The molecule has 2 aromatic carbocycles. The largest absolute Gasteiger partial charge is 0.493 e. The number of carbonyl (C=O) groups excluding carboxylic acids is 1. The number of hydrogen-bond donors (Lipinski definition) is 0. The standard InChI is InChI=1S/C21H24N2O3S/c1-15-8-9-18(16(2)14-15)26-12-10-20(24)23(11-13-25-3)21-22-17-6-4-5-7-19(17)27-21/h4-9,14H,10-13H2,1-3H3. The van der Waals surface area contributed by atoms with Crippen LogP contribution in [0.3, 0.4) is 0 Å². The maximum Gasteiger partial charge on any atom is 0.232 e. The van der Waals surface area contributed by atoms with E-state index in [2.05, 4.69) is 11.1 Å². The van der Waals surface area contributed by atoms with Crippen LogP contribution in [0.25, 0.3) is 10.2 Å². The van der Waals surface area contributed by atoms with Gasteiger partial charge >= 0.3 is 0 Å². The number of anilines is 1. The van der Waals surface area contributed by atoms with Crippen LogP contribution in [-0.4, -0.2) is 37.8 Å². The van der Waals surface area contributed by atoms with Crippen LogP contribution >= 0.6 is 11.3 Å². The van der Waals surface area contributed by atoms with Crippen molar-refractivity contribution in [1.82, 2.24) is 4.98 Å². The van der Waals surface area contributed by atoms with Crippen LogP contribution in [0.1, 0.15) is 17.5 Å². The summed E-state index contributed by atoms with van der Waals surface area (Å²) in [6.45, 7) is 5.32. The fraction of sp³-hybridized carbons (Fsp3) is 0.333. The Morgan fingerprint density at radius 3 is 2.70 bits per heavy atom. The summed E-state index contributed by atoms with van der Waals surface area (Å²) in [5.41, 5.74) is 3.17. The molecule has 27 heavy (non-hydrogen) atoms. The molecule has 0 saturated heterocycles. The Morgan fingerprint density at radius 2 is 1.96 bits per heavy atom. The van der Waals surface area contributed by atoms with Crippen LogP contribution in [0.2, 0.25) is 0 Å². The number of benzene rings is 2. The van der Waals surface area contributed by atoms with E-state index in [1.165, 1.54) is 16.9 Å². The molecule has 142 valence electrons. The summed E-state index contributed by atoms with van der Waals surface area (Å²) >= 11 is 1.52. The van der Waals surface area contributed by atoms with Crippen LogP contribution < -0.4 is 9.64 Å². The molecule has 1 aromatic heterocycles. The molecule has 0 saturated carbocycles. The number of para-hydroxylation sites is 1. The molecule has 0 radical (unpaired) electrons. The number of nitrogens with zero attached hydrogens (tertiary/aromatic N) is 2. The Balaban J connectivity index is 1.67. The van der Waals surface area contributed by atoms with E-state index in [4.69, 9.17) is 9.47 Å². The summed E-state index contributed by atoms with van der Waals surface area (Å²) in [5.74, 6) is 0.799. The monoisotopic (exact) mass is 384 g/mol. The smallest absolute Gasteiger partial charge is 0.232 e. The third-order valence-electron chi connectivity index (χ3n) is 4.24. The lowest BCUT2D eigenvalue weighted by molar-refractivity contribution is -0.119. The Bertz CT molecular complexity index is 890. The number of amides is 1. The van der Waals surface area contributed by atoms with Crippen molar-refractivity contribution in [3.8, 4) is 5.75 Å². The van der Waals surface area contributed by atoms with Gasteiger partial charge in [0.05, 0.1) is 36.4 Å². The minimum atomic E-state index is -0.0177. The predicted molar refractivity (Wildman–Crippen MR) is 110 cm³/mol. The second-order valence-electron chi connectivity index (χ2n) is 6.37. The number of aryl methyl sites for hydroxylation is 2. The van der Waals surface area contributed by atoms with Gasteiger partial charge in [0.1, 0.15) is 5.75 Å². The third kappa shape index (κ3) is 4.84. The number of hydrogen-bond acceptors (Lipinski definition) is 5. The predicted octanol–water partition coefficient (Wildman–Crippen LogP) is 4.36. The molecule has 1 heterocycles. The van der Waals surface area contributed by atoms with E-state index in [0.717, 1.165) is 21.5 Å². The summed E-state index contributed by atoms with van der Waals surface area (Å²) < 4.78 is 12.1. The van der Waals surface area contributed by atoms with Crippen molar-refractivity contribution in [3.05, 3.63) is 53.6 Å². The van der Waals surface area contributed by atoms with Gasteiger partial charge in [-0.3, -0.25) is 9.69 Å². The zero-order chi connectivity index (χ0) is 19.2. The number of methoxy groups -OCH3 is 1. The van der Waals surface area contributed by atoms with Crippen LogP contribution in [0, 0.1) is 13.8 Å². The topological polar surface area (TPSA) is 51.7 Å². The molecule has 0 aliphatic heterocycles. The second kappa shape index (κ2) is 8.97. The molecule has 0 N–H and O–H groups in total. The van der Waals surface area contributed by atoms with E-state index >= 15 is 0 Å². The van der Waals surface area contributed by atoms with Crippen molar-refractivity contribution < 1.29 is 14.3 Å². The first-order valence-corrected chi connectivity index (χ1v) is 9.75. The molecule has 3 rings (SSSR count). The summed E-state index contributed by atoms with van der Waals surface area (Å²) in [4.78, 5) is 19.1. The highest BCUT2D eigenvalue weighted by atomic mass is 32.1. The zero-order valence-corrected chi connectivity index (χ0v) is 16.7. The molecule has 0 aliphatic carbocycles. The van der Waals surface area contributed by atoms with Gasteiger partial charge in [-0.1, -0.05) is 41.2 Å². The normalized spacial score (nSPS) is 10.9. The highest BCUT2D eigenvalue weighted by Gasteiger charge is 2.19. The van der Waals surface area contributed by atoms with Gasteiger partial charge in [0.15, 0.2) is 5.13 Å². The molecular formula is C21H24N2O3S. The van der Waals surface area contributed by atoms with Crippen LogP contribution in [-0.2, 0) is 9.53 Å². The van der Waals surface area contributed by atoms with Gasteiger partial charge in [0.25, 0.3) is 0 Å². The maximum absolute atomic E-state index is 12.8. The minimum absolute atomic E-state index is 0.0177. The fourth-order valence-electron chi connectivity index (χ4n) is 2.83. The van der Waals surface area contributed by atoms with Gasteiger partial charge in [-0.05, 0) is 37.6 Å². The van der Waals surface area contributed by atoms with Gasteiger partial charge in [-0.2, -0.15) is 0 Å². The van der Waals surface area contributed by atoms with Gasteiger partial charge in [-0.25, -0.2) is 4.98 Å². The number of fused-ring (bicyclic) bond motifs is 1. The van der Waals surface area contributed by atoms with Gasteiger partial charge < -0.3 is 9.47 Å². The average Bonchev–Trinajstić information content (AvgIpc) is 3.07. The van der Waals surface area contributed by atoms with Crippen LogP contribution in [0.4, 0.5) is 5.13 Å². The fourth-order valence-corrected chi connectivity index (χ4v) is 3.84. The Morgan fingerprint density at radius 1 is 1.15 bits per heavy atom. The molecule has 0 unspecified atom stereocenters. The Hall–Kier alpha value is -2.44. The van der Waals surface area contributed by atoms with E-state index in [0.29, 0.717) is 24.9 Å². The lowest BCUT2D eigenvalue weighted by Gasteiger charge is -2.19. The van der Waals surface area contributed by atoms with Crippen molar-refractivity contribution in [2.24, 2.45) is 0 Å². The van der Waals surface area contributed by atoms with E-state index in [1.54, 1.807) is 12.0 Å². The number of rotatable bonds is 8. The SMILES string of the molecule is COCCN(C(=O)CCOc1ccc(C)cc1C)c1nc2ccccc2s1. The van der Waals surface area contributed by atoms with E-state index in [1.807, 2.05) is 50.2 Å². The van der Waals surface area contributed by atoms with Crippen molar-refractivity contribution in [2.45, 2.75) is 20.3 Å². The quantitative estimate of drug-likeness (QED) is 0.579. The van der Waals surface area contributed by atoms with Crippen LogP contribution in [0.5, 0.6) is 5.75 Å².